The normalized spacial score (nSPS) is 11.8. The SMILES string of the molecule is [C-]#[N+]c1cccc(-c2cc(-n3c4ccccc4c4ccc(-c5ncccn5)cc43)c(C(F)(F)F)c(-n3c4ccccc4c4ccc(-c5ncccn5)cc43)c2)c1. The highest BCUT2D eigenvalue weighted by Gasteiger charge is 2.39. The smallest absolute Gasteiger partial charge is 0.309 e. The summed E-state index contributed by atoms with van der Waals surface area (Å²) in [4.78, 5) is 21.4. The third-order valence-corrected chi connectivity index (χ3v) is 10.2. The highest BCUT2D eigenvalue weighted by atomic mass is 19.4. The molecule has 10 heteroatoms. The third-order valence-electron chi connectivity index (χ3n) is 10.2. The van der Waals surface area contributed by atoms with Crippen LogP contribution >= 0.6 is 0 Å². The minimum atomic E-state index is -4.84. The van der Waals surface area contributed by atoms with Crippen LogP contribution in [-0.2, 0) is 6.18 Å². The van der Waals surface area contributed by atoms with Gasteiger partial charge in [0.15, 0.2) is 17.3 Å². The van der Waals surface area contributed by atoms with Crippen LogP contribution in [0.15, 0.2) is 158 Å². The predicted molar refractivity (Wildman–Crippen MR) is 214 cm³/mol. The van der Waals surface area contributed by atoms with E-state index in [1.165, 1.54) is 0 Å². The van der Waals surface area contributed by atoms with Crippen LogP contribution in [-0.4, -0.2) is 29.1 Å². The van der Waals surface area contributed by atoms with Crippen LogP contribution in [0.1, 0.15) is 5.56 Å². The molecule has 7 nitrogen and oxygen atoms in total. The van der Waals surface area contributed by atoms with Gasteiger partial charge in [0.25, 0.3) is 0 Å². The van der Waals surface area contributed by atoms with Crippen molar-refractivity contribution in [2.45, 2.75) is 6.18 Å². The number of hydrogen-bond acceptors (Lipinski definition) is 4. The summed E-state index contributed by atoms with van der Waals surface area (Å²) in [6, 6.07) is 39.8. The molecule has 0 amide bonds. The molecular formula is C46H26F3N7. The molecule has 10 rings (SSSR count). The van der Waals surface area contributed by atoms with Gasteiger partial charge in [0.2, 0.25) is 0 Å². The van der Waals surface area contributed by atoms with Crippen molar-refractivity contribution >= 4 is 49.3 Å². The Hall–Kier alpha value is -7.64. The molecule has 0 spiro atoms. The van der Waals surface area contributed by atoms with Gasteiger partial charge in [-0.15, -0.1) is 0 Å². The first-order valence-corrected chi connectivity index (χ1v) is 17.7. The first-order chi connectivity index (χ1) is 27.4. The Kier molecular flexibility index (Phi) is 7.50. The molecule has 0 saturated carbocycles. The number of nitrogens with zero attached hydrogens (tertiary/aromatic N) is 7. The minimum Gasteiger partial charge on any atom is -0.309 e. The summed E-state index contributed by atoms with van der Waals surface area (Å²) in [6.07, 6.45) is 1.71. The van der Waals surface area contributed by atoms with Crippen LogP contribution in [0.3, 0.4) is 0 Å². The zero-order valence-corrected chi connectivity index (χ0v) is 29.3. The van der Waals surface area contributed by atoms with E-state index in [2.05, 4.69) is 24.8 Å². The number of halogens is 3. The lowest BCUT2D eigenvalue weighted by Gasteiger charge is -2.23. The largest absolute Gasteiger partial charge is 0.420 e. The quantitative estimate of drug-likeness (QED) is 0.165. The number of fused-ring (bicyclic) bond motifs is 6. The van der Waals surface area contributed by atoms with E-state index in [-0.39, 0.29) is 11.4 Å². The molecule has 0 aliphatic rings. The van der Waals surface area contributed by atoms with Crippen molar-refractivity contribution < 1.29 is 13.2 Å². The molecule has 4 aromatic heterocycles. The molecule has 0 fully saturated rings. The number of benzene rings is 6. The number of rotatable bonds is 5. The van der Waals surface area contributed by atoms with Crippen LogP contribution in [0.25, 0.3) is 93.7 Å². The molecule has 56 heavy (non-hydrogen) atoms. The average molecular weight is 734 g/mol. The number of alkyl halides is 3. The highest BCUT2D eigenvalue weighted by molar-refractivity contribution is 6.12. The summed E-state index contributed by atoms with van der Waals surface area (Å²) in [7, 11) is 0. The second kappa shape index (κ2) is 12.7. The zero-order valence-electron chi connectivity index (χ0n) is 29.3. The molecule has 0 atom stereocenters. The molecule has 0 unspecified atom stereocenters. The van der Waals surface area contributed by atoms with Crippen molar-refractivity contribution in [2.75, 3.05) is 0 Å². The molecule has 0 aliphatic carbocycles. The molecule has 10 aromatic rings. The predicted octanol–water partition coefficient (Wildman–Crippen LogP) is 12.0. The molecule has 0 bridgehead atoms. The maximum atomic E-state index is 16.3. The molecule has 0 N–H and O–H groups in total. The van der Waals surface area contributed by atoms with Gasteiger partial charge in [-0.3, -0.25) is 0 Å². The van der Waals surface area contributed by atoms with Crippen LogP contribution in [0.5, 0.6) is 0 Å². The van der Waals surface area contributed by atoms with E-state index in [4.69, 9.17) is 6.57 Å². The monoisotopic (exact) mass is 733 g/mol. The second-order valence-corrected chi connectivity index (χ2v) is 13.4. The van der Waals surface area contributed by atoms with Gasteiger partial charge in [-0.25, -0.2) is 24.8 Å². The first kappa shape index (κ1) is 33.0. The molecule has 4 heterocycles. The Morgan fingerprint density at radius 1 is 0.446 bits per heavy atom. The van der Waals surface area contributed by atoms with E-state index in [1.54, 1.807) is 76.4 Å². The summed E-state index contributed by atoms with van der Waals surface area (Å²) >= 11 is 0. The number of para-hydroxylation sites is 2. The van der Waals surface area contributed by atoms with Gasteiger partial charge in [0.05, 0.1) is 40.0 Å². The van der Waals surface area contributed by atoms with Crippen LogP contribution < -0.4 is 0 Å². The van der Waals surface area contributed by atoms with Crippen molar-refractivity contribution in [3.63, 3.8) is 0 Å². The van der Waals surface area contributed by atoms with E-state index in [9.17, 15) is 0 Å². The lowest BCUT2D eigenvalue weighted by Crippen LogP contribution is -2.16. The van der Waals surface area contributed by atoms with E-state index in [1.807, 2.05) is 91.0 Å². The molecule has 266 valence electrons. The van der Waals surface area contributed by atoms with E-state index in [0.29, 0.717) is 61.7 Å². The summed E-state index contributed by atoms with van der Waals surface area (Å²) in [5.74, 6) is 0.910. The lowest BCUT2D eigenvalue weighted by atomic mass is 9.98. The fraction of sp³-hybridized carbons (Fsp3) is 0.0217. The van der Waals surface area contributed by atoms with Gasteiger partial charge >= 0.3 is 6.18 Å². The van der Waals surface area contributed by atoms with Gasteiger partial charge in [-0.05, 0) is 65.7 Å². The van der Waals surface area contributed by atoms with Gasteiger partial charge in [-0.1, -0.05) is 78.9 Å². The Labute approximate surface area is 317 Å². The zero-order chi connectivity index (χ0) is 38.0. The standard InChI is InChI=1S/C46H26F3N7/c1-50-32-10-6-9-28(23-32)31-26-41(55-37-13-4-2-11-33(37)35-17-15-29(24-39(35)55)44-51-19-7-20-52-44)43(46(47,48)49)42(27-31)56-38-14-5-3-12-34(38)36-18-16-30(25-40(36)56)45-53-21-8-22-54-45/h2-27H. The number of aromatic nitrogens is 6. The van der Waals surface area contributed by atoms with Crippen molar-refractivity contribution in [1.82, 2.24) is 29.1 Å². The molecule has 0 saturated heterocycles. The fourth-order valence-electron chi connectivity index (χ4n) is 7.81. The summed E-state index contributed by atoms with van der Waals surface area (Å²) in [6.45, 7) is 7.72. The second-order valence-electron chi connectivity index (χ2n) is 13.4. The summed E-state index contributed by atoms with van der Waals surface area (Å²) < 4.78 is 52.4. The van der Waals surface area contributed by atoms with Crippen molar-refractivity contribution in [2.24, 2.45) is 0 Å². The Morgan fingerprint density at radius 3 is 1.41 bits per heavy atom. The Balaban J connectivity index is 1.38. The third kappa shape index (κ3) is 5.28. The van der Waals surface area contributed by atoms with Crippen LogP contribution in [0.4, 0.5) is 18.9 Å². The van der Waals surface area contributed by atoms with E-state index >= 15 is 13.2 Å². The van der Waals surface area contributed by atoms with Crippen LogP contribution in [0.2, 0.25) is 0 Å². The van der Waals surface area contributed by atoms with E-state index in [0.717, 1.165) is 21.5 Å². The molecular weight excluding hydrogens is 708 g/mol. The maximum Gasteiger partial charge on any atom is 0.420 e. The Bertz CT molecular complexity index is 3020. The first-order valence-electron chi connectivity index (χ1n) is 17.7. The molecule has 0 radical (unpaired) electrons. The molecule has 6 aromatic carbocycles. The lowest BCUT2D eigenvalue weighted by molar-refractivity contribution is -0.137. The van der Waals surface area contributed by atoms with Crippen molar-refractivity contribution in [3.8, 4) is 45.3 Å². The van der Waals surface area contributed by atoms with Gasteiger partial charge in [0.1, 0.15) is 5.56 Å². The molecule has 0 aliphatic heterocycles. The topological polar surface area (TPSA) is 65.8 Å². The Morgan fingerprint density at radius 2 is 0.929 bits per heavy atom. The number of hydrogen-bond donors (Lipinski definition) is 0. The van der Waals surface area contributed by atoms with Crippen LogP contribution in [0, 0.1) is 6.57 Å². The average Bonchev–Trinajstić information content (AvgIpc) is 3.75. The van der Waals surface area contributed by atoms with Crippen molar-refractivity contribution in [3.05, 3.63) is 175 Å². The van der Waals surface area contributed by atoms with Gasteiger partial charge in [-0.2, -0.15) is 13.2 Å². The van der Waals surface area contributed by atoms with Crippen molar-refractivity contribution in [1.29, 1.82) is 0 Å². The maximum absolute atomic E-state index is 16.3. The van der Waals surface area contributed by atoms with E-state index < -0.39 is 11.7 Å². The summed E-state index contributed by atoms with van der Waals surface area (Å²) in [5.41, 5.74) is 4.18. The minimum absolute atomic E-state index is 0.0657. The van der Waals surface area contributed by atoms with Gasteiger partial charge in [0, 0.05) is 57.5 Å². The fourth-order valence-corrected chi connectivity index (χ4v) is 7.81. The summed E-state index contributed by atoms with van der Waals surface area (Å²) in [5, 5.41) is 3.14. The highest BCUT2D eigenvalue weighted by Crippen LogP contribution is 2.47. The van der Waals surface area contributed by atoms with Gasteiger partial charge < -0.3 is 9.13 Å².